The Morgan fingerprint density at radius 3 is 2.55 bits per heavy atom. The molecule has 1 aromatic carbocycles. The molecular weight excluding hydrogens is 248 g/mol. The number of likely N-dealkylation sites (tertiary alicyclic amines) is 1. The summed E-state index contributed by atoms with van der Waals surface area (Å²) < 4.78 is 0. The summed E-state index contributed by atoms with van der Waals surface area (Å²) in [6.07, 6.45) is 0.957. The maximum atomic E-state index is 12.2. The van der Waals surface area contributed by atoms with Gasteiger partial charge in [-0.15, -0.1) is 0 Å². The third kappa shape index (κ3) is 3.83. The molecule has 2 unspecified atom stereocenters. The van der Waals surface area contributed by atoms with Gasteiger partial charge in [-0.25, -0.2) is 0 Å². The average molecular weight is 274 g/mol. The number of carbonyl (C=O) groups excluding carboxylic acids is 1. The second kappa shape index (κ2) is 5.96. The topological polar surface area (TPSA) is 32.3 Å². The van der Waals surface area contributed by atoms with Crippen LogP contribution in [0.5, 0.6) is 0 Å². The highest BCUT2D eigenvalue weighted by atomic mass is 16.2. The fraction of sp³-hybridized carbons (Fsp3) is 0.588. The van der Waals surface area contributed by atoms with Crippen molar-refractivity contribution in [3.8, 4) is 0 Å². The summed E-state index contributed by atoms with van der Waals surface area (Å²) in [5, 5.41) is 3.09. The first-order valence-electron chi connectivity index (χ1n) is 7.48. The van der Waals surface area contributed by atoms with Crippen molar-refractivity contribution in [2.45, 2.75) is 45.7 Å². The van der Waals surface area contributed by atoms with E-state index in [1.807, 2.05) is 26.8 Å². The van der Waals surface area contributed by atoms with Crippen molar-refractivity contribution in [1.82, 2.24) is 10.2 Å². The third-order valence-electron chi connectivity index (χ3n) is 3.92. The molecule has 3 heteroatoms. The van der Waals surface area contributed by atoms with Gasteiger partial charge in [-0.3, -0.25) is 9.69 Å². The summed E-state index contributed by atoms with van der Waals surface area (Å²) in [5.41, 5.74) is 1.18. The Bertz CT molecular complexity index is 450. The summed E-state index contributed by atoms with van der Waals surface area (Å²) in [4.78, 5) is 14.6. The molecule has 1 saturated heterocycles. The second-order valence-corrected chi connectivity index (χ2v) is 6.81. The predicted molar refractivity (Wildman–Crippen MR) is 82.4 cm³/mol. The van der Waals surface area contributed by atoms with Crippen molar-refractivity contribution in [1.29, 1.82) is 0 Å². The number of nitrogens with zero attached hydrogens (tertiary/aromatic N) is 1. The normalized spacial score (nSPS) is 21.7. The van der Waals surface area contributed by atoms with Gasteiger partial charge in [-0.1, -0.05) is 30.3 Å². The van der Waals surface area contributed by atoms with Crippen molar-refractivity contribution in [2.24, 2.45) is 5.92 Å². The Hall–Kier alpha value is -1.35. The van der Waals surface area contributed by atoms with Crippen LogP contribution in [0.15, 0.2) is 30.3 Å². The number of amides is 1. The van der Waals surface area contributed by atoms with Gasteiger partial charge in [-0.05, 0) is 46.2 Å². The van der Waals surface area contributed by atoms with Crippen molar-refractivity contribution >= 4 is 5.91 Å². The average Bonchev–Trinajstić information content (AvgIpc) is 2.86. The van der Waals surface area contributed by atoms with Crippen molar-refractivity contribution < 1.29 is 4.79 Å². The first-order valence-corrected chi connectivity index (χ1v) is 7.48. The molecule has 1 aliphatic heterocycles. The molecule has 1 amide bonds. The lowest BCUT2D eigenvalue weighted by Crippen LogP contribution is -2.44. The van der Waals surface area contributed by atoms with E-state index < -0.39 is 0 Å². The van der Waals surface area contributed by atoms with Crippen LogP contribution in [0.3, 0.4) is 0 Å². The molecule has 1 N–H and O–H groups in total. The first kappa shape index (κ1) is 15.0. The van der Waals surface area contributed by atoms with Gasteiger partial charge in [-0.2, -0.15) is 0 Å². The minimum absolute atomic E-state index is 0.125. The Kier molecular flexibility index (Phi) is 4.48. The van der Waals surface area contributed by atoms with E-state index in [1.54, 1.807) is 0 Å². The molecule has 0 aliphatic carbocycles. The number of hydrogen-bond acceptors (Lipinski definition) is 2. The molecule has 20 heavy (non-hydrogen) atoms. The van der Waals surface area contributed by atoms with E-state index in [2.05, 4.69) is 41.4 Å². The molecule has 0 saturated carbocycles. The number of benzene rings is 1. The molecule has 110 valence electrons. The van der Waals surface area contributed by atoms with Crippen LogP contribution in [0.25, 0.3) is 0 Å². The summed E-state index contributed by atoms with van der Waals surface area (Å²) in [6, 6.07) is 10.9. The van der Waals surface area contributed by atoms with Crippen LogP contribution in [0.2, 0.25) is 0 Å². The van der Waals surface area contributed by atoms with E-state index in [0.29, 0.717) is 6.04 Å². The van der Waals surface area contributed by atoms with Gasteiger partial charge in [0.25, 0.3) is 0 Å². The van der Waals surface area contributed by atoms with Gasteiger partial charge in [0, 0.05) is 18.1 Å². The number of carbonyl (C=O) groups is 1. The number of rotatable bonds is 3. The molecule has 2 rings (SSSR count). The molecule has 0 bridgehead atoms. The van der Waals surface area contributed by atoms with Crippen LogP contribution in [-0.4, -0.2) is 29.4 Å². The highest BCUT2D eigenvalue weighted by molar-refractivity contribution is 5.79. The zero-order valence-electron chi connectivity index (χ0n) is 13.0. The lowest BCUT2D eigenvalue weighted by molar-refractivity contribution is -0.126. The van der Waals surface area contributed by atoms with Gasteiger partial charge < -0.3 is 5.32 Å². The lowest BCUT2D eigenvalue weighted by Gasteiger charge is -2.26. The van der Waals surface area contributed by atoms with Crippen LogP contribution in [-0.2, 0) is 4.79 Å². The first-order chi connectivity index (χ1) is 9.37. The number of nitrogens with one attached hydrogen (secondary N) is 1. The van der Waals surface area contributed by atoms with E-state index in [-0.39, 0.29) is 17.4 Å². The van der Waals surface area contributed by atoms with E-state index in [0.717, 1.165) is 19.5 Å². The largest absolute Gasteiger partial charge is 0.351 e. The van der Waals surface area contributed by atoms with Gasteiger partial charge in [0.1, 0.15) is 0 Å². The Morgan fingerprint density at radius 1 is 1.30 bits per heavy atom. The SMILES string of the molecule is CC(c1ccccc1)N1CCC(C(=O)NC(C)(C)C)C1. The molecule has 1 aliphatic rings. The highest BCUT2D eigenvalue weighted by Crippen LogP contribution is 2.27. The number of hydrogen-bond donors (Lipinski definition) is 1. The van der Waals surface area contributed by atoms with Gasteiger partial charge in [0.15, 0.2) is 0 Å². The van der Waals surface area contributed by atoms with Gasteiger partial charge >= 0.3 is 0 Å². The van der Waals surface area contributed by atoms with Crippen molar-refractivity contribution in [3.63, 3.8) is 0 Å². The molecule has 2 atom stereocenters. The molecule has 1 aromatic rings. The van der Waals surface area contributed by atoms with Crippen LogP contribution in [0.1, 0.15) is 45.7 Å². The molecule has 0 spiro atoms. The van der Waals surface area contributed by atoms with E-state index in [1.165, 1.54) is 5.56 Å². The quantitative estimate of drug-likeness (QED) is 0.919. The van der Waals surface area contributed by atoms with Crippen molar-refractivity contribution in [3.05, 3.63) is 35.9 Å². The minimum atomic E-state index is -0.143. The monoisotopic (exact) mass is 274 g/mol. The highest BCUT2D eigenvalue weighted by Gasteiger charge is 2.32. The second-order valence-electron chi connectivity index (χ2n) is 6.81. The maximum Gasteiger partial charge on any atom is 0.224 e. The fourth-order valence-corrected chi connectivity index (χ4v) is 2.77. The molecular formula is C17H26N2O. The van der Waals surface area contributed by atoms with Crippen LogP contribution in [0, 0.1) is 5.92 Å². The summed E-state index contributed by atoms with van der Waals surface area (Å²) in [6.45, 7) is 10.2. The van der Waals surface area contributed by atoms with Crippen molar-refractivity contribution in [2.75, 3.05) is 13.1 Å². The Morgan fingerprint density at radius 2 is 1.95 bits per heavy atom. The molecule has 0 aromatic heterocycles. The summed E-state index contributed by atoms with van der Waals surface area (Å²) >= 11 is 0. The Balaban J connectivity index is 1.94. The predicted octanol–water partition coefficient (Wildman–Crippen LogP) is 2.98. The minimum Gasteiger partial charge on any atom is -0.351 e. The van der Waals surface area contributed by atoms with Gasteiger partial charge in [0.05, 0.1) is 5.92 Å². The van der Waals surface area contributed by atoms with E-state index in [4.69, 9.17) is 0 Å². The summed E-state index contributed by atoms with van der Waals surface area (Å²) in [5.74, 6) is 0.320. The molecule has 3 nitrogen and oxygen atoms in total. The van der Waals surface area contributed by atoms with E-state index in [9.17, 15) is 4.79 Å². The standard InChI is InChI=1S/C17H26N2O/c1-13(14-8-6-5-7-9-14)19-11-10-15(12-19)16(20)18-17(2,3)4/h5-9,13,15H,10-12H2,1-4H3,(H,18,20). The van der Waals surface area contributed by atoms with Gasteiger partial charge in [0.2, 0.25) is 5.91 Å². The zero-order valence-corrected chi connectivity index (χ0v) is 13.0. The smallest absolute Gasteiger partial charge is 0.224 e. The zero-order chi connectivity index (χ0) is 14.8. The van der Waals surface area contributed by atoms with Crippen LogP contribution in [0.4, 0.5) is 0 Å². The lowest BCUT2D eigenvalue weighted by atomic mass is 10.0. The molecule has 0 radical (unpaired) electrons. The van der Waals surface area contributed by atoms with Crippen LogP contribution >= 0.6 is 0 Å². The van der Waals surface area contributed by atoms with E-state index >= 15 is 0 Å². The third-order valence-corrected chi connectivity index (χ3v) is 3.92. The summed E-state index contributed by atoms with van der Waals surface area (Å²) in [7, 11) is 0. The van der Waals surface area contributed by atoms with Crippen LogP contribution < -0.4 is 5.32 Å². The molecule has 1 fully saturated rings. The molecule has 1 heterocycles. The Labute approximate surface area is 122 Å². The maximum absolute atomic E-state index is 12.2. The fourth-order valence-electron chi connectivity index (χ4n) is 2.77.